The number of thiazole rings is 1. The first-order valence-electron chi connectivity index (χ1n) is 5.37. The summed E-state index contributed by atoms with van der Waals surface area (Å²) in [7, 11) is 3.95. The molecule has 0 aromatic carbocycles. The largest absolute Gasteiger partial charge is 0.481 e. The van der Waals surface area contributed by atoms with E-state index in [1.807, 2.05) is 19.0 Å². The van der Waals surface area contributed by atoms with E-state index in [1.54, 1.807) is 11.3 Å². The lowest BCUT2D eigenvalue weighted by molar-refractivity contribution is -0.136. The predicted molar refractivity (Wildman–Crippen MR) is 64.8 cm³/mol. The molecular formula is C11H18N2O2S. The third-order valence-electron chi connectivity index (χ3n) is 2.06. The third kappa shape index (κ3) is 3.90. The number of hydrogen-bond acceptors (Lipinski definition) is 4. The van der Waals surface area contributed by atoms with Gasteiger partial charge in [0.25, 0.3) is 0 Å². The van der Waals surface area contributed by atoms with Gasteiger partial charge in [-0.05, 0) is 26.9 Å². The van der Waals surface area contributed by atoms with Crippen molar-refractivity contribution < 1.29 is 9.90 Å². The first kappa shape index (κ1) is 13.1. The molecule has 1 aromatic rings. The van der Waals surface area contributed by atoms with Gasteiger partial charge in [-0.25, -0.2) is 4.98 Å². The minimum absolute atomic E-state index is 0.0311. The fraction of sp³-hybridized carbons (Fsp3) is 0.636. The highest BCUT2D eigenvalue weighted by atomic mass is 32.1. The standard InChI is InChI=1S/C11H18N2O2S/c1-4-5-10-12-8(6-11(14)15)9(16-10)7-13(2)3/h4-7H2,1-3H3,(H,14,15). The maximum absolute atomic E-state index is 10.7. The predicted octanol–water partition coefficient (Wildman–Crippen LogP) is 1.78. The van der Waals surface area contributed by atoms with Gasteiger partial charge in [-0.15, -0.1) is 11.3 Å². The topological polar surface area (TPSA) is 53.4 Å². The lowest BCUT2D eigenvalue weighted by atomic mass is 10.2. The molecule has 0 amide bonds. The molecule has 0 bridgehead atoms. The highest BCUT2D eigenvalue weighted by Gasteiger charge is 2.14. The molecule has 90 valence electrons. The summed E-state index contributed by atoms with van der Waals surface area (Å²) in [4.78, 5) is 18.2. The summed E-state index contributed by atoms with van der Waals surface area (Å²) in [6.07, 6.45) is 2.01. The number of aliphatic carboxylic acids is 1. The van der Waals surface area contributed by atoms with Crippen molar-refractivity contribution in [1.82, 2.24) is 9.88 Å². The Kier molecular flexibility index (Phi) is 4.89. The van der Waals surface area contributed by atoms with E-state index < -0.39 is 5.97 Å². The van der Waals surface area contributed by atoms with Crippen LogP contribution >= 0.6 is 11.3 Å². The highest BCUT2D eigenvalue weighted by molar-refractivity contribution is 7.11. The summed E-state index contributed by atoms with van der Waals surface area (Å²) in [5.41, 5.74) is 0.731. The van der Waals surface area contributed by atoms with E-state index in [-0.39, 0.29) is 6.42 Å². The molecule has 0 aliphatic carbocycles. The number of aryl methyl sites for hydroxylation is 1. The number of nitrogens with zero attached hydrogens (tertiary/aromatic N) is 2. The molecule has 5 heteroatoms. The van der Waals surface area contributed by atoms with E-state index in [9.17, 15) is 4.79 Å². The Morgan fingerprint density at radius 2 is 2.19 bits per heavy atom. The maximum atomic E-state index is 10.7. The quantitative estimate of drug-likeness (QED) is 0.826. The van der Waals surface area contributed by atoms with Gasteiger partial charge < -0.3 is 10.0 Å². The fourth-order valence-electron chi connectivity index (χ4n) is 1.45. The van der Waals surface area contributed by atoms with Crippen molar-refractivity contribution in [2.75, 3.05) is 14.1 Å². The van der Waals surface area contributed by atoms with Gasteiger partial charge in [0, 0.05) is 11.4 Å². The van der Waals surface area contributed by atoms with E-state index in [0.717, 1.165) is 35.0 Å². The second-order valence-electron chi connectivity index (χ2n) is 4.04. The molecule has 0 aliphatic rings. The van der Waals surface area contributed by atoms with Crippen molar-refractivity contribution in [3.63, 3.8) is 0 Å². The average Bonchev–Trinajstić information content (AvgIpc) is 2.46. The summed E-state index contributed by atoms with van der Waals surface area (Å²) in [6, 6.07) is 0. The molecule has 0 unspecified atom stereocenters. The molecule has 0 atom stereocenters. The monoisotopic (exact) mass is 242 g/mol. The average molecular weight is 242 g/mol. The number of rotatable bonds is 6. The summed E-state index contributed by atoms with van der Waals surface area (Å²) in [5.74, 6) is -0.812. The summed E-state index contributed by atoms with van der Waals surface area (Å²) >= 11 is 1.64. The lowest BCUT2D eigenvalue weighted by Gasteiger charge is -2.07. The van der Waals surface area contributed by atoms with Crippen LogP contribution in [0.3, 0.4) is 0 Å². The molecule has 1 heterocycles. The van der Waals surface area contributed by atoms with Crippen molar-refractivity contribution in [3.05, 3.63) is 15.6 Å². The zero-order chi connectivity index (χ0) is 12.1. The SMILES string of the molecule is CCCc1nc(CC(=O)O)c(CN(C)C)s1. The Morgan fingerprint density at radius 1 is 1.50 bits per heavy atom. The third-order valence-corrected chi connectivity index (χ3v) is 3.21. The summed E-state index contributed by atoms with van der Waals surface area (Å²) in [5, 5.41) is 9.87. The smallest absolute Gasteiger partial charge is 0.309 e. The Labute approximate surface area is 99.9 Å². The second kappa shape index (κ2) is 5.96. The van der Waals surface area contributed by atoms with Crippen molar-refractivity contribution in [2.45, 2.75) is 32.7 Å². The molecule has 0 spiro atoms. The minimum Gasteiger partial charge on any atom is -0.481 e. The number of carboxylic acid groups (broad SMARTS) is 1. The lowest BCUT2D eigenvalue weighted by Crippen LogP contribution is -2.12. The van der Waals surface area contributed by atoms with E-state index >= 15 is 0 Å². The molecule has 0 radical (unpaired) electrons. The molecule has 0 saturated carbocycles. The van der Waals surface area contributed by atoms with Gasteiger partial charge in [-0.2, -0.15) is 0 Å². The van der Waals surface area contributed by atoms with Gasteiger partial charge in [0.1, 0.15) is 0 Å². The van der Waals surface area contributed by atoms with E-state index in [0.29, 0.717) is 0 Å². The molecule has 0 aliphatic heterocycles. The second-order valence-corrected chi connectivity index (χ2v) is 5.20. The molecule has 0 fully saturated rings. The summed E-state index contributed by atoms with van der Waals surface area (Å²) in [6.45, 7) is 2.87. The number of carbonyl (C=O) groups is 1. The minimum atomic E-state index is -0.812. The normalized spacial score (nSPS) is 11.0. The number of hydrogen-bond donors (Lipinski definition) is 1. The molecule has 0 saturated heterocycles. The van der Waals surface area contributed by atoms with Crippen LogP contribution < -0.4 is 0 Å². The fourth-order valence-corrected chi connectivity index (χ4v) is 2.75. The first-order chi connectivity index (χ1) is 7.52. The van der Waals surface area contributed by atoms with Crippen LogP contribution in [0.5, 0.6) is 0 Å². The van der Waals surface area contributed by atoms with Crippen LogP contribution in [-0.4, -0.2) is 35.1 Å². The van der Waals surface area contributed by atoms with Crippen LogP contribution in [0.2, 0.25) is 0 Å². The van der Waals surface area contributed by atoms with Crippen LogP contribution in [0.4, 0.5) is 0 Å². The molecule has 1 N–H and O–H groups in total. The van der Waals surface area contributed by atoms with Crippen LogP contribution in [0.25, 0.3) is 0 Å². The zero-order valence-electron chi connectivity index (χ0n) is 9.99. The molecule has 4 nitrogen and oxygen atoms in total. The van der Waals surface area contributed by atoms with Crippen LogP contribution in [0.1, 0.15) is 28.9 Å². The van der Waals surface area contributed by atoms with Gasteiger partial charge in [-0.3, -0.25) is 4.79 Å². The molecule has 1 aromatic heterocycles. The van der Waals surface area contributed by atoms with Crippen molar-refractivity contribution in [2.24, 2.45) is 0 Å². The summed E-state index contributed by atoms with van der Waals surface area (Å²) < 4.78 is 0. The highest BCUT2D eigenvalue weighted by Crippen LogP contribution is 2.21. The van der Waals surface area contributed by atoms with Crippen LogP contribution in [-0.2, 0) is 24.2 Å². The van der Waals surface area contributed by atoms with Gasteiger partial charge in [-0.1, -0.05) is 6.92 Å². The van der Waals surface area contributed by atoms with Gasteiger partial charge in [0.15, 0.2) is 0 Å². The Morgan fingerprint density at radius 3 is 2.69 bits per heavy atom. The zero-order valence-corrected chi connectivity index (χ0v) is 10.8. The van der Waals surface area contributed by atoms with E-state index in [2.05, 4.69) is 11.9 Å². The van der Waals surface area contributed by atoms with Gasteiger partial charge in [0.05, 0.1) is 17.1 Å². The van der Waals surface area contributed by atoms with Crippen molar-refractivity contribution in [3.8, 4) is 0 Å². The molecule has 16 heavy (non-hydrogen) atoms. The number of carboxylic acids is 1. The van der Waals surface area contributed by atoms with Crippen LogP contribution in [0, 0.1) is 0 Å². The molecular weight excluding hydrogens is 224 g/mol. The van der Waals surface area contributed by atoms with Gasteiger partial charge in [0.2, 0.25) is 0 Å². The Hall–Kier alpha value is -0.940. The van der Waals surface area contributed by atoms with Gasteiger partial charge >= 0.3 is 5.97 Å². The molecule has 1 rings (SSSR count). The van der Waals surface area contributed by atoms with Crippen molar-refractivity contribution in [1.29, 1.82) is 0 Å². The Balaban J connectivity index is 2.87. The maximum Gasteiger partial charge on any atom is 0.309 e. The van der Waals surface area contributed by atoms with Crippen LogP contribution in [0.15, 0.2) is 0 Å². The van der Waals surface area contributed by atoms with E-state index in [4.69, 9.17) is 5.11 Å². The first-order valence-corrected chi connectivity index (χ1v) is 6.18. The Bertz CT molecular complexity index is 361. The van der Waals surface area contributed by atoms with E-state index in [1.165, 1.54) is 0 Å². The number of aromatic nitrogens is 1. The van der Waals surface area contributed by atoms with Crippen molar-refractivity contribution >= 4 is 17.3 Å².